The van der Waals surface area contributed by atoms with Crippen LogP contribution in [0.2, 0.25) is 0 Å². The Kier molecular flexibility index (Phi) is 4.61. The average molecular weight is 342 g/mol. The highest BCUT2D eigenvalue weighted by atomic mass is 16.5. The second-order valence-electron chi connectivity index (χ2n) is 7.36. The molecule has 0 radical (unpaired) electrons. The van der Waals surface area contributed by atoms with Crippen LogP contribution in [0.15, 0.2) is 18.2 Å². The molecule has 4 N–H and O–H groups in total. The van der Waals surface area contributed by atoms with Gasteiger partial charge in [0.25, 0.3) is 0 Å². The van der Waals surface area contributed by atoms with E-state index in [0.29, 0.717) is 23.1 Å². The molecule has 2 heterocycles. The number of rotatable bonds is 3. The first-order valence-electron chi connectivity index (χ1n) is 9.39. The number of para-hydroxylation sites is 1. The van der Waals surface area contributed by atoms with Gasteiger partial charge >= 0.3 is 6.09 Å². The van der Waals surface area contributed by atoms with Gasteiger partial charge in [0.1, 0.15) is 11.3 Å². The van der Waals surface area contributed by atoms with Crippen LogP contribution in [0.25, 0.3) is 11.0 Å². The van der Waals surface area contributed by atoms with Crippen LogP contribution in [0.3, 0.4) is 0 Å². The highest BCUT2D eigenvalue weighted by Crippen LogP contribution is 2.41. The van der Waals surface area contributed by atoms with Crippen molar-refractivity contribution in [1.82, 2.24) is 15.3 Å². The normalized spacial score (nSPS) is 25.1. The molecule has 1 aliphatic heterocycles. The van der Waals surface area contributed by atoms with Gasteiger partial charge in [-0.15, -0.1) is 0 Å². The maximum Gasteiger partial charge on any atom is 0.410 e. The number of amides is 1. The van der Waals surface area contributed by atoms with Gasteiger partial charge in [-0.25, -0.2) is 9.78 Å². The van der Waals surface area contributed by atoms with E-state index in [4.69, 9.17) is 15.5 Å². The van der Waals surface area contributed by atoms with Gasteiger partial charge < -0.3 is 20.8 Å². The van der Waals surface area contributed by atoms with Gasteiger partial charge in [-0.1, -0.05) is 38.2 Å². The van der Waals surface area contributed by atoms with E-state index in [1.54, 1.807) is 6.07 Å². The Morgan fingerprint density at radius 3 is 2.84 bits per heavy atom. The van der Waals surface area contributed by atoms with E-state index in [-0.39, 0.29) is 0 Å². The lowest BCUT2D eigenvalue weighted by molar-refractivity contribution is 0.178. The fraction of sp³-hybridized carbons (Fsp3) is 0.579. The van der Waals surface area contributed by atoms with E-state index in [1.807, 2.05) is 12.1 Å². The van der Waals surface area contributed by atoms with Crippen molar-refractivity contribution in [2.24, 2.45) is 17.6 Å². The van der Waals surface area contributed by atoms with E-state index in [0.717, 1.165) is 36.8 Å². The lowest BCUT2D eigenvalue weighted by Gasteiger charge is -2.38. The summed E-state index contributed by atoms with van der Waals surface area (Å²) in [6.07, 6.45) is 7.03. The van der Waals surface area contributed by atoms with Crippen LogP contribution in [-0.4, -0.2) is 29.2 Å². The molecular formula is C19H26N4O2. The summed E-state index contributed by atoms with van der Waals surface area (Å²) in [4.78, 5) is 19.4. The molecule has 6 nitrogen and oxygen atoms in total. The van der Waals surface area contributed by atoms with Crippen molar-refractivity contribution in [2.45, 2.75) is 44.4 Å². The van der Waals surface area contributed by atoms with Crippen LogP contribution in [0.1, 0.15) is 50.3 Å². The number of carbonyl (C=O) groups is 1. The number of fused-ring (bicyclic) bond motifs is 1. The van der Waals surface area contributed by atoms with E-state index >= 15 is 0 Å². The Hall–Kier alpha value is -2.08. The third-order valence-electron chi connectivity index (χ3n) is 5.84. The Balaban J connectivity index is 1.65. The Morgan fingerprint density at radius 1 is 1.20 bits per heavy atom. The van der Waals surface area contributed by atoms with Crippen molar-refractivity contribution in [3.8, 4) is 5.75 Å². The second-order valence-corrected chi connectivity index (χ2v) is 7.36. The smallest absolute Gasteiger partial charge is 0.408 e. The van der Waals surface area contributed by atoms with Crippen LogP contribution < -0.4 is 15.8 Å². The summed E-state index contributed by atoms with van der Waals surface area (Å²) in [5.41, 5.74) is 6.77. The zero-order valence-electron chi connectivity index (χ0n) is 14.5. The average Bonchev–Trinajstić information content (AvgIpc) is 3.07. The summed E-state index contributed by atoms with van der Waals surface area (Å²) >= 11 is 0. The van der Waals surface area contributed by atoms with Gasteiger partial charge in [-0.05, 0) is 43.5 Å². The number of imidazole rings is 1. The van der Waals surface area contributed by atoms with Gasteiger partial charge in [0.15, 0.2) is 5.75 Å². The SMILES string of the molecule is NC(=O)Oc1cccc2[nH]c(C3CCNCC3C3CCCCC3)nc12. The first kappa shape index (κ1) is 16.4. The monoisotopic (exact) mass is 342 g/mol. The van der Waals surface area contributed by atoms with Crippen molar-refractivity contribution in [3.05, 3.63) is 24.0 Å². The second kappa shape index (κ2) is 7.04. The fourth-order valence-corrected chi connectivity index (χ4v) is 4.67. The molecule has 1 aromatic carbocycles. The van der Waals surface area contributed by atoms with Crippen molar-refractivity contribution in [2.75, 3.05) is 13.1 Å². The molecule has 2 aromatic rings. The number of carbonyl (C=O) groups excluding carboxylic acids is 1. The van der Waals surface area contributed by atoms with Gasteiger partial charge in [0.2, 0.25) is 0 Å². The number of hydrogen-bond donors (Lipinski definition) is 3. The molecule has 0 bridgehead atoms. The number of ether oxygens (including phenoxy) is 1. The Bertz CT molecular complexity index is 751. The molecule has 1 saturated heterocycles. The highest BCUT2D eigenvalue weighted by molar-refractivity contribution is 5.84. The summed E-state index contributed by atoms with van der Waals surface area (Å²) in [7, 11) is 0. The number of aromatic nitrogens is 2. The van der Waals surface area contributed by atoms with Gasteiger partial charge in [-0.3, -0.25) is 0 Å². The number of nitrogens with zero attached hydrogens (tertiary/aromatic N) is 1. The van der Waals surface area contributed by atoms with Crippen LogP contribution in [0, 0.1) is 11.8 Å². The minimum absolute atomic E-state index is 0.427. The van der Waals surface area contributed by atoms with Crippen LogP contribution in [0.4, 0.5) is 4.79 Å². The molecule has 1 aliphatic carbocycles. The third-order valence-corrected chi connectivity index (χ3v) is 5.84. The first-order chi connectivity index (χ1) is 12.2. The molecule has 2 atom stereocenters. The van der Waals surface area contributed by atoms with E-state index < -0.39 is 6.09 Å². The molecule has 0 spiro atoms. The number of primary amides is 1. The number of piperidine rings is 1. The van der Waals surface area contributed by atoms with Crippen molar-refractivity contribution >= 4 is 17.1 Å². The Morgan fingerprint density at radius 2 is 2.04 bits per heavy atom. The molecule has 4 rings (SSSR count). The molecule has 1 aromatic heterocycles. The summed E-state index contributed by atoms with van der Waals surface area (Å²) in [6.45, 7) is 2.09. The number of aromatic amines is 1. The lowest BCUT2D eigenvalue weighted by atomic mass is 9.71. The maximum atomic E-state index is 11.1. The molecule has 25 heavy (non-hydrogen) atoms. The van der Waals surface area contributed by atoms with Gasteiger partial charge in [0, 0.05) is 5.92 Å². The van der Waals surface area contributed by atoms with Crippen LogP contribution >= 0.6 is 0 Å². The fourth-order valence-electron chi connectivity index (χ4n) is 4.67. The number of H-pyrrole nitrogens is 1. The quantitative estimate of drug-likeness (QED) is 0.798. The van der Waals surface area contributed by atoms with E-state index in [2.05, 4.69) is 10.3 Å². The largest absolute Gasteiger partial charge is 0.410 e. The number of benzene rings is 1. The van der Waals surface area contributed by atoms with Crippen LogP contribution in [-0.2, 0) is 0 Å². The van der Waals surface area contributed by atoms with Gasteiger partial charge in [-0.2, -0.15) is 0 Å². The standard InChI is InChI=1S/C19H26N4O2/c20-19(24)25-16-8-4-7-15-17(16)23-18(22-15)13-9-10-21-11-14(13)12-5-2-1-3-6-12/h4,7-8,12-14,21H,1-3,5-6,9-11H2,(H2,20,24)(H,22,23). The number of hydrogen-bond acceptors (Lipinski definition) is 4. The molecule has 6 heteroatoms. The van der Waals surface area contributed by atoms with Gasteiger partial charge in [0.05, 0.1) is 5.52 Å². The maximum absolute atomic E-state index is 11.1. The zero-order chi connectivity index (χ0) is 17.2. The summed E-state index contributed by atoms with van der Waals surface area (Å²) in [5.74, 6) is 3.28. The lowest BCUT2D eigenvalue weighted by Crippen LogP contribution is -2.40. The molecule has 2 unspecified atom stereocenters. The predicted molar refractivity (Wildman–Crippen MR) is 96.6 cm³/mol. The molecule has 2 aliphatic rings. The minimum Gasteiger partial charge on any atom is -0.408 e. The first-order valence-corrected chi connectivity index (χ1v) is 9.39. The third kappa shape index (κ3) is 3.35. The number of nitrogens with two attached hydrogens (primary N) is 1. The van der Waals surface area contributed by atoms with Crippen molar-refractivity contribution in [1.29, 1.82) is 0 Å². The summed E-state index contributed by atoms with van der Waals surface area (Å²) in [5, 5.41) is 3.58. The topological polar surface area (TPSA) is 93.0 Å². The van der Waals surface area contributed by atoms with Crippen LogP contribution in [0.5, 0.6) is 5.75 Å². The van der Waals surface area contributed by atoms with Crippen molar-refractivity contribution < 1.29 is 9.53 Å². The minimum atomic E-state index is -0.806. The molecule has 2 fully saturated rings. The van der Waals surface area contributed by atoms with E-state index in [9.17, 15) is 4.79 Å². The zero-order valence-corrected chi connectivity index (χ0v) is 14.5. The van der Waals surface area contributed by atoms with E-state index in [1.165, 1.54) is 32.1 Å². The van der Waals surface area contributed by atoms with Crippen molar-refractivity contribution in [3.63, 3.8) is 0 Å². The highest BCUT2D eigenvalue weighted by Gasteiger charge is 2.35. The number of nitrogens with one attached hydrogen (secondary N) is 2. The molecule has 1 saturated carbocycles. The Labute approximate surface area is 147 Å². The predicted octanol–water partition coefficient (Wildman–Crippen LogP) is 3.29. The molecule has 1 amide bonds. The molecular weight excluding hydrogens is 316 g/mol. The summed E-state index contributed by atoms with van der Waals surface area (Å²) < 4.78 is 5.12. The molecule has 134 valence electrons. The summed E-state index contributed by atoms with van der Waals surface area (Å²) in [6, 6.07) is 5.55.